The molecule has 0 saturated heterocycles. The Hall–Kier alpha value is -3.61. The molecule has 2 aliphatic heterocycles. The van der Waals surface area contributed by atoms with Crippen molar-refractivity contribution in [3.05, 3.63) is 71.4 Å². The third kappa shape index (κ3) is 3.47. The van der Waals surface area contributed by atoms with Gasteiger partial charge in [0.25, 0.3) is 5.91 Å². The Morgan fingerprint density at radius 3 is 2.83 bits per heavy atom. The molecular formula is C22H20N4O3. The molecule has 146 valence electrons. The van der Waals surface area contributed by atoms with Crippen LogP contribution in [0.3, 0.4) is 0 Å². The third-order valence-electron chi connectivity index (χ3n) is 5.16. The molecule has 2 aliphatic rings. The number of aryl methyl sites for hydroxylation is 1. The maximum absolute atomic E-state index is 12.5. The van der Waals surface area contributed by atoms with Crippen molar-refractivity contribution in [2.45, 2.75) is 19.4 Å². The van der Waals surface area contributed by atoms with Crippen molar-refractivity contribution in [3.8, 4) is 11.5 Å². The second kappa shape index (κ2) is 7.43. The summed E-state index contributed by atoms with van der Waals surface area (Å²) >= 11 is 0. The molecule has 0 aliphatic carbocycles. The first kappa shape index (κ1) is 17.5. The predicted molar refractivity (Wildman–Crippen MR) is 108 cm³/mol. The van der Waals surface area contributed by atoms with Crippen LogP contribution in [0.1, 0.15) is 28.0 Å². The zero-order chi connectivity index (χ0) is 19.6. The summed E-state index contributed by atoms with van der Waals surface area (Å²) in [5.41, 5.74) is 3.69. The molecule has 3 heterocycles. The molecule has 0 spiro atoms. The zero-order valence-electron chi connectivity index (χ0n) is 15.8. The number of hydrogen-bond donors (Lipinski definition) is 1. The minimum absolute atomic E-state index is 0.231. The average Bonchev–Trinajstić information content (AvgIpc) is 3.25. The van der Waals surface area contributed by atoms with E-state index in [0.717, 1.165) is 42.2 Å². The Labute approximate surface area is 168 Å². The van der Waals surface area contributed by atoms with Crippen LogP contribution >= 0.6 is 0 Å². The summed E-state index contributed by atoms with van der Waals surface area (Å²) in [4.78, 5) is 14.6. The average molecular weight is 388 g/mol. The molecule has 1 amide bonds. The first-order valence-electron chi connectivity index (χ1n) is 9.64. The molecule has 0 atom stereocenters. The fraction of sp³-hybridized carbons (Fsp3) is 0.227. The van der Waals surface area contributed by atoms with E-state index >= 15 is 0 Å². The summed E-state index contributed by atoms with van der Waals surface area (Å²) < 4.78 is 10.7. The van der Waals surface area contributed by atoms with Crippen molar-refractivity contribution in [1.29, 1.82) is 0 Å². The van der Waals surface area contributed by atoms with Crippen LogP contribution < -0.4 is 19.7 Å². The quantitative estimate of drug-likeness (QED) is 0.740. The molecule has 3 aromatic rings. The Morgan fingerprint density at radius 1 is 1.03 bits per heavy atom. The van der Waals surface area contributed by atoms with Crippen LogP contribution in [-0.4, -0.2) is 29.4 Å². The lowest BCUT2D eigenvalue weighted by molar-refractivity contribution is 0.0945. The largest absolute Gasteiger partial charge is 0.454 e. The van der Waals surface area contributed by atoms with Crippen molar-refractivity contribution in [2.24, 2.45) is 0 Å². The Kier molecular flexibility index (Phi) is 4.48. The third-order valence-corrected chi connectivity index (χ3v) is 5.16. The van der Waals surface area contributed by atoms with Gasteiger partial charge in [-0.2, -0.15) is 0 Å². The summed E-state index contributed by atoms with van der Waals surface area (Å²) in [6, 6.07) is 17.5. The molecule has 0 unspecified atom stereocenters. The van der Waals surface area contributed by atoms with Gasteiger partial charge >= 0.3 is 0 Å². The van der Waals surface area contributed by atoms with Crippen LogP contribution in [0.5, 0.6) is 11.5 Å². The number of rotatable bonds is 4. The summed E-state index contributed by atoms with van der Waals surface area (Å²) in [6.07, 6.45) is 2.14. The maximum atomic E-state index is 12.5. The van der Waals surface area contributed by atoms with Gasteiger partial charge in [0.2, 0.25) is 6.79 Å². The van der Waals surface area contributed by atoms with E-state index in [-0.39, 0.29) is 12.7 Å². The molecule has 0 fully saturated rings. The number of anilines is 2. The van der Waals surface area contributed by atoms with E-state index in [2.05, 4.69) is 38.6 Å². The van der Waals surface area contributed by atoms with E-state index in [9.17, 15) is 4.79 Å². The molecule has 29 heavy (non-hydrogen) atoms. The standard InChI is InChI=1S/C22H20N4O3/c27-22(23-13-15-7-9-19-20(12-15)29-14-28-19)17-8-10-21(25-24-17)26-11-3-5-16-4-1-2-6-18(16)26/h1-2,4,6-10,12H,3,5,11,13-14H2,(H,23,27). The number of nitrogens with one attached hydrogen (secondary N) is 1. The smallest absolute Gasteiger partial charge is 0.272 e. The van der Waals surface area contributed by atoms with E-state index in [1.165, 1.54) is 5.56 Å². The van der Waals surface area contributed by atoms with Crippen LogP contribution in [0.2, 0.25) is 0 Å². The van der Waals surface area contributed by atoms with Gasteiger partial charge in [-0.1, -0.05) is 24.3 Å². The van der Waals surface area contributed by atoms with Crippen LogP contribution in [0, 0.1) is 0 Å². The molecule has 1 aromatic heterocycles. The van der Waals surface area contributed by atoms with Gasteiger partial charge in [0.05, 0.1) is 0 Å². The van der Waals surface area contributed by atoms with Crippen LogP contribution in [0.15, 0.2) is 54.6 Å². The van der Waals surface area contributed by atoms with E-state index in [1.54, 1.807) is 6.07 Å². The van der Waals surface area contributed by atoms with Gasteiger partial charge in [0.15, 0.2) is 23.0 Å². The first-order chi connectivity index (χ1) is 14.3. The number of aromatic nitrogens is 2. The van der Waals surface area contributed by atoms with Gasteiger partial charge in [-0.25, -0.2) is 0 Å². The van der Waals surface area contributed by atoms with Crippen molar-refractivity contribution in [1.82, 2.24) is 15.5 Å². The number of para-hydroxylation sites is 1. The van der Waals surface area contributed by atoms with Crippen LogP contribution in [0.25, 0.3) is 0 Å². The lowest BCUT2D eigenvalue weighted by Gasteiger charge is -2.29. The van der Waals surface area contributed by atoms with Gasteiger partial charge in [-0.05, 0) is 54.3 Å². The number of ether oxygens (including phenoxy) is 2. The summed E-state index contributed by atoms with van der Waals surface area (Å²) in [7, 11) is 0. The number of carbonyl (C=O) groups is 1. The molecule has 0 bridgehead atoms. The fourth-order valence-corrected chi connectivity index (χ4v) is 3.69. The SMILES string of the molecule is O=C(NCc1ccc2c(c1)OCO2)c1ccc(N2CCCc3ccccc32)nn1. The van der Waals surface area contributed by atoms with Gasteiger partial charge in [0.1, 0.15) is 0 Å². The lowest BCUT2D eigenvalue weighted by Crippen LogP contribution is -2.27. The number of nitrogens with zero attached hydrogens (tertiary/aromatic N) is 3. The van der Waals surface area contributed by atoms with Gasteiger partial charge < -0.3 is 19.7 Å². The minimum Gasteiger partial charge on any atom is -0.454 e. The number of carbonyl (C=O) groups excluding carboxylic acids is 1. The highest BCUT2D eigenvalue weighted by Gasteiger charge is 2.20. The summed E-state index contributed by atoms with van der Waals surface area (Å²) in [5.74, 6) is 1.91. The topological polar surface area (TPSA) is 76.6 Å². The highest BCUT2D eigenvalue weighted by atomic mass is 16.7. The summed E-state index contributed by atoms with van der Waals surface area (Å²) in [6.45, 7) is 1.49. The van der Waals surface area contributed by atoms with Crippen LogP contribution in [-0.2, 0) is 13.0 Å². The van der Waals surface area contributed by atoms with Crippen molar-refractivity contribution < 1.29 is 14.3 Å². The molecule has 1 N–H and O–H groups in total. The monoisotopic (exact) mass is 388 g/mol. The van der Waals surface area contributed by atoms with Gasteiger partial charge in [-0.3, -0.25) is 4.79 Å². The fourth-order valence-electron chi connectivity index (χ4n) is 3.69. The predicted octanol–water partition coefficient (Wildman–Crippen LogP) is 3.22. The zero-order valence-corrected chi connectivity index (χ0v) is 15.8. The molecular weight excluding hydrogens is 368 g/mol. The van der Waals surface area contributed by atoms with Gasteiger partial charge in [-0.15, -0.1) is 10.2 Å². The Balaban J connectivity index is 1.26. The van der Waals surface area contributed by atoms with E-state index in [1.807, 2.05) is 30.3 Å². The Morgan fingerprint density at radius 2 is 1.93 bits per heavy atom. The lowest BCUT2D eigenvalue weighted by atomic mass is 10.0. The number of benzene rings is 2. The second-order valence-corrected chi connectivity index (χ2v) is 7.03. The molecule has 7 heteroatoms. The molecule has 0 saturated carbocycles. The Bertz CT molecular complexity index is 1050. The van der Waals surface area contributed by atoms with E-state index < -0.39 is 0 Å². The van der Waals surface area contributed by atoms with Crippen LogP contribution in [0.4, 0.5) is 11.5 Å². The first-order valence-corrected chi connectivity index (χ1v) is 9.64. The highest BCUT2D eigenvalue weighted by molar-refractivity contribution is 5.92. The second-order valence-electron chi connectivity index (χ2n) is 7.03. The molecule has 2 aromatic carbocycles. The number of amides is 1. The van der Waals surface area contributed by atoms with E-state index in [4.69, 9.17) is 9.47 Å². The van der Waals surface area contributed by atoms with Gasteiger partial charge in [0, 0.05) is 18.8 Å². The number of fused-ring (bicyclic) bond motifs is 2. The van der Waals surface area contributed by atoms with Crippen molar-refractivity contribution in [3.63, 3.8) is 0 Å². The number of hydrogen-bond acceptors (Lipinski definition) is 6. The minimum atomic E-state index is -0.263. The normalized spacial score (nSPS) is 14.4. The molecule has 7 nitrogen and oxygen atoms in total. The maximum Gasteiger partial charge on any atom is 0.272 e. The molecule has 0 radical (unpaired) electrons. The van der Waals surface area contributed by atoms with E-state index in [0.29, 0.717) is 18.0 Å². The van der Waals surface area contributed by atoms with Crippen molar-refractivity contribution >= 4 is 17.4 Å². The highest BCUT2D eigenvalue weighted by Crippen LogP contribution is 2.33. The molecule has 5 rings (SSSR count). The summed E-state index contributed by atoms with van der Waals surface area (Å²) in [5, 5.41) is 11.3. The van der Waals surface area contributed by atoms with Crippen molar-refractivity contribution in [2.75, 3.05) is 18.2 Å².